The van der Waals surface area contributed by atoms with Crippen molar-refractivity contribution in [1.29, 1.82) is 0 Å². The molecule has 0 atom stereocenters. The van der Waals surface area contributed by atoms with Crippen molar-refractivity contribution in [2.75, 3.05) is 6.54 Å². The van der Waals surface area contributed by atoms with Gasteiger partial charge in [0, 0.05) is 10.6 Å². The second-order valence-corrected chi connectivity index (χ2v) is 7.00. The molecule has 1 fully saturated rings. The lowest BCUT2D eigenvalue weighted by molar-refractivity contribution is 0.259. The van der Waals surface area contributed by atoms with Gasteiger partial charge in [-0.05, 0) is 62.8 Å². The molecule has 2 aliphatic rings. The Labute approximate surface area is 133 Å². The average Bonchev–Trinajstić information content (AvgIpc) is 2.52. The summed E-state index contributed by atoms with van der Waals surface area (Å²) in [6.07, 6.45) is 14.3. The molecule has 114 valence electrons. The van der Waals surface area contributed by atoms with Gasteiger partial charge < -0.3 is 5.32 Å². The fourth-order valence-electron chi connectivity index (χ4n) is 4.00. The third kappa shape index (κ3) is 3.70. The second kappa shape index (κ2) is 6.98. The van der Waals surface area contributed by atoms with E-state index in [-0.39, 0.29) is 0 Å². The molecule has 0 unspecified atom stereocenters. The van der Waals surface area contributed by atoms with E-state index in [2.05, 4.69) is 23.5 Å². The first-order valence-corrected chi connectivity index (χ1v) is 8.85. The first-order chi connectivity index (χ1) is 10.3. The second-order valence-electron chi connectivity index (χ2n) is 6.57. The lowest BCUT2D eigenvalue weighted by Crippen LogP contribution is -2.50. The molecule has 0 bridgehead atoms. The third-order valence-electron chi connectivity index (χ3n) is 5.15. The minimum Gasteiger partial charge on any atom is -0.307 e. The summed E-state index contributed by atoms with van der Waals surface area (Å²) in [5, 5.41) is 4.69. The van der Waals surface area contributed by atoms with Crippen LogP contribution in [0.5, 0.6) is 0 Å². The van der Waals surface area contributed by atoms with Crippen molar-refractivity contribution in [3.05, 3.63) is 46.5 Å². The molecule has 0 radical (unpaired) electrons. The van der Waals surface area contributed by atoms with Gasteiger partial charge in [0.25, 0.3) is 0 Å². The fraction of sp³-hybridized carbons (Fsp3) is 0.579. The van der Waals surface area contributed by atoms with Crippen LogP contribution in [0.4, 0.5) is 0 Å². The molecule has 0 amide bonds. The van der Waals surface area contributed by atoms with Crippen LogP contribution in [0.1, 0.15) is 56.9 Å². The maximum atomic E-state index is 5.95. The van der Waals surface area contributed by atoms with E-state index < -0.39 is 0 Å². The van der Waals surface area contributed by atoms with Crippen LogP contribution in [0.25, 0.3) is 0 Å². The maximum absolute atomic E-state index is 5.95. The molecule has 1 saturated carbocycles. The Kier molecular flexibility index (Phi) is 5.03. The first kappa shape index (κ1) is 15.1. The van der Waals surface area contributed by atoms with Gasteiger partial charge in [0.15, 0.2) is 0 Å². The Morgan fingerprint density at radius 1 is 1.00 bits per heavy atom. The highest BCUT2D eigenvalue weighted by molar-refractivity contribution is 6.30. The maximum Gasteiger partial charge on any atom is 0.0406 e. The lowest BCUT2D eigenvalue weighted by atomic mass is 9.73. The van der Waals surface area contributed by atoms with E-state index in [4.69, 9.17) is 11.6 Å². The molecule has 1 spiro atoms. The van der Waals surface area contributed by atoms with Crippen molar-refractivity contribution in [3.63, 3.8) is 0 Å². The van der Waals surface area contributed by atoms with Crippen molar-refractivity contribution in [2.24, 2.45) is 0 Å². The summed E-state index contributed by atoms with van der Waals surface area (Å²) in [7, 11) is 0. The monoisotopic (exact) mass is 303 g/mol. The highest BCUT2D eigenvalue weighted by atomic mass is 35.5. The van der Waals surface area contributed by atoms with Gasteiger partial charge in [-0.3, -0.25) is 0 Å². The molecule has 21 heavy (non-hydrogen) atoms. The molecular weight excluding hydrogens is 278 g/mol. The van der Waals surface area contributed by atoms with Gasteiger partial charge in [-0.15, -0.1) is 0 Å². The fourth-order valence-corrected chi connectivity index (χ4v) is 4.12. The van der Waals surface area contributed by atoms with Crippen LogP contribution in [0.3, 0.4) is 0 Å². The van der Waals surface area contributed by atoms with E-state index in [1.54, 1.807) is 5.57 Å². The van der Waals surface area contributed by atoms with E-state index >= 15 is 0 Å². The Bertz CT molecular complexity index is 483. The normalized spacial score (nSPS) is 21.3. The zero-order valence-electron chi connectivity index (χ0n) is 12.8. The molecule has 1 aromatic carbocycles. The van der Waals surface area contributed by atoms with Crippen molar-refractivity contribution in [3.8, 4) is 0 Å². The summed E-state index contributed by atoms with van der Waals surface area (Å²) in [5.41, 5.74) is 3.46. The van der Waals surface area contributed by atoms with E-state index in [1.807, 2.05) is 12.1 Å². The molecule has 1 nitrogen and oxygen atoms in total. The summed E-state index contributed by atoms with van der Waals surface area (Å²) in [6, 6.07) is 8.32. The molecule has 1 aliphatic carbocycles. The van der Waals surface area contributed by atoms with Crippen LogP contribution < -0.4 is 5.32 Å². The minimum atomic E-state index is 0.358. The summed E-state index contributed by atoms with van der Waals surface area (Å²) in [6.45, 7) is 1.17. The largest absolute Gasteiger partial charge is 0.307 e. The smallest absolute Gasteiger partial charge is 0.0406 e. The van der Waals surface area contributed by atoms with Gasteiger partial charge in [0.2, 0.25) is 0 Å². The van der Waals surface area contributed by atoms with Crippen molar-refractivity contribution in [2.45, 2.75) is 63.3 Å². The Balaban J connectivity index is 1.58. The van der Waals surface area contributed by atoms with Gasteiger partial charge in [0.05, 0.1) is 0 Å². The van der Waals surface area contributed by atoms with Gasteiger partial charge in [0.1, 0.15) is 0 Å². The Morgan fingerprint density at radius 2 is 1.76 bits per heavy atom. The zero-order valence-corrected chi connectivity index (χ0v) is 13.6. The predicted octanol–water partition coefficient (Wildman–Crippen LogP) is 5.29. The molecule has 1 aliphatic heterocycles. The van der Waals surface area contributed by atoms with E-state index in [0.29, 0.717) is 5.54 Å². The molecule has 3 rings (SSSR count). The summed E-state index contributed by atoms with van der Waals surface area (Å²) in [4.78, 5) is 0. The zero-order chi connectivity index (χ0) is 14.5. The number of aryl methyl sites for hydroxylation is 1. The highest BCUT2D eigenvalue weighted by Crippen LogP contribution is 2.38. The lowest BCUT2D eigenvalue weighted by Gasteiger charge is -2.43. The van der Waals surface area contributed by atoms with Gasteiger partial charge >= 0.3 is 0 Å². The minimum absolute atomic E-state index is 0.358. The van der Waals surface area contributed by atoms with Crippen LogP contribution in [0.2, 0.25) is 5.02 Å². The number of hydrogen-bond acceptors (Lipinski definition) is 1. The number of hydrogen-bond donors (Lipinski definition) is 1. The topological polar surface area (TPSA) is 12.0 Å². The predicted molar refractivity (Wildman–Crippen MR) is 90.9 cm³/mol. The number of benzene rings is 1. The number of nitrogens with one attached hydrogen (secondary N) is 1. The quantitative estimate of drug-likeness (QED) is 0.746. The highest BCUT2D eigenvalue weighted by Gasteiger charge is 2.35. The molecule has 1 N–H and O–H groups in total. The van der Waals surface area contributed by atoms with Crippen LogP contribution in [0.15, 0.2) is 35.9 Å². The van der Waals surface area contributed by atoms with E-state index in [1.165, 1.54) is 63.5 Å². The van der Waals surface area contributed by atoms with Crippen molar-refractivity contribution >= 4 is 11.6 Å². The molecular formula is C19H26ClN. The van der Waals surface area contributed by atoms with Crippen LogP contribution in [-0.2, 0) is 6.42 Å². The van der Waals surface area contributed by atoms with Crippen LogP contribution in [0, 0.1) is 0 Å². The molecule has 1 aromatic rings. The van der Waals surface area contributed by atoms with Crippen molar-refractivity contribution < 1.29 is 0 Å². The Hall–Kier alpha value is -0.790. The van der Waals surface area contributed by atoms with Gasteiger partial charge in [-0.1, -0.05) is 54.6 Å². The first-order valence-electron chi connectivity index (χ1n) is 8.48. The molecule has 1 heterocycles. The Morgan fingerprint density at radius 3 is 2.52 bits per heavy atom. The van der Waals surface area contributed by atoms with E-state index in [0.717, 1.165) is 11.4 Å². The molecule has 0 aromatic heterocycles. The van der Waals surface area contributed by atoms with Crippen LogP contribution in [-0.4, -0.2) is 12.1 Å². The molecule has 2 heteroatoms. The summed E-state index contributed by atoms with van der Waals surface area (Å²) >= 11 is 5.95. The number of rotatable bonds is 4. The summed E-state index contributed by atoms with van der Waals surface area (Å²) < 4.78 is 0. The molecule has 0 saturated heterocycles. The summed E-state index contributed by atoms with van der Waals surface area (Å²) in [5.74, 6) is 0. The third-order valence-corrected chi connectivity index (χ3v) is 5.40. The van der Waals surface area contributed by atoms with Gasteiger partial charge in [-0.2, -0.15) is 0 Å². The van der Waals surface area contributed by atoms with E-state index in [9.17, 15) is 0 Å². The van der Waals surface area contributed by atoms with Crippen molar-refractivity contribution in [1.82, 2.24) is 5.32 Å². The standard InChI is InChI=1S/C19H26ClN/c20-18-11-9-16(10-12-18)6-4-7-17-8-5-15-21-19(17)13-2-1-3-14-19/h8-12,21H,1-7,13-15H2. The number of halogens is 1. The SMILES string of the molecule is Clc1ccc(CCCC2=CCCNC23CCCCC3)cc1. The van der Waals surface area contributed by atoms with Gasteiger partial charge in [-0.25, -0.2) is 0 Å². The van der Waals surface area contributed by atoms with Crippen LogP contribution >= 0.6 is 11.6 Å². The average molecular weight is 304 g/mol.